The average Bonchev–Trinajstić information content (AvgIpc) is 2.97. The van der Waals surface area contributed by atoms with Gasteiger partial charge in [0, 0.05) is 0 Å². The highest BCUT2D eigenvalue weighted by Crippen LogP contribution is 2.53. The zero-order valence-electron chi connectivity index (χ0n) is 16.2. The van der Waals surface area contributed by atoms with Crippen molar-refractivity contribution in [1.82, 2.24) is 0 Å². The molecule has 10 heteroatoms. The van der Waals surface area contributed by atoms with Crippen molar-refractivity contribution in [3.63, 3.8) is 0 Å². The molecule has 0 unspecified atom stereocenters. The van der Waals surface area contributed by atoms with Crippen LogP contribution in [0.4, 0.5) is 0 Å². The van der Waals surface area contributed by atoms with Crippen LogP contribution in [0.3, 0.4) is 0 Å². The third-order valence-corrected chi connectivity index (χ3v) is 5.87. The lowest BCUT2D eigenvalue weighted by Gasteiger charge is -2.40. The maximum absolute atomic E-state index is 12.7. The number of hydrogen-bond acceptors (Lipinski definition) is 9. The van der Waals surface area contributed by atoms with Crippen molar-refractivity contribution >= 4 is 7.82 Å². The number of fused-ring (bicyclic) bond motifs is 3. The maximum atomic E-state index is 12.7. The molecule has 0 bridgehead atoms. The summed E-state index contributed by atoms with van der Waals surface area (Å²) in [4.78, 5) is 0. The SMILES string of the molecule is CCOP(=O)(OCC)OC[C@]12OC[C@H]3OC(C)(C)O[C@H]3[C@@H]1OC(C)(C)O2. The minimum absolute atomic E-state index is 0.188. The number of hydrogen-bond donors (Lipinski definition) is 0. The van der Waals surface area contributed by atoms with Crippen molar-refractivity contribution in [3.05, 3.63) is 0 Å². The fourth-order valence-corrected chi connectivity index (χ4v) is 4.74. The Morgan fingerprint density at radius 2 is 1.62 bits per heavy atom. The molecule has 152 valence electrons. The van der Waals surface area contributed by atoms with E-state index in [9.17, 15) is 4.57 Å². The van der Waals surface area contributed by atoms with Crippen LogP contribution in [0.1, 0.15) is 41.5 Å². The summed E-state index contributed by atoms with van der Waals surface area (Å²) in [6, 6.07) is 0. The summed E-state index contributed by atoms with van der Waals surface area (Å²) >= 11 is 0. The zero-order valence-corrected chi connectivity index (χ0v) is 17.1. The lowest BCUT2D eigenvalue weighted by molar-refractivity contribution is -0.292. The normalized spacial score (nSPS) is 38.2. The number of phosphoric ester groups is 1. The Kier molecular flexibility index (Phi) is 5.60. The second-order valence-corrected chi connectivity index (χ2v) is 9.03. The Morgan fingerprint density at radius 1 is 0.962 bits per heavy atom. The van der Waals surface area contributed by atoms with Gasteiger partial charge in [0.25, 0.3) is 0 Å². The van der Waals surface area contributed by atoms with Crippen LogP contribution >= 0.6 is 7.82 Å². The Hall–Kier alpha value is -0.0900. The van der Waals surface area contributed by atoms with Gasteiger partial charge in [0.15, 0.2) is 11.6 Å². The summed E-state index contributed by atoms with van der Waals surface area (Å²) in [5.74, 6) is -2.98. The molecule has 3 heterocycles. The third-order valence-electron chi connectivity index (χ3n) is 4.27. The zero-order chi connectivity index (χ0) is 19.2. The predicted octanol–water partition coefficient (Wildman–Crippen LogP) is 2.58. The van der Waals surface area contributed by atoms with E-state index in [0.717, 1.165) is 0 Å². The fraction of sp³-hybridized carbons (Fsp3) is 1.00. The quantitative estimate of drug-likeness (QED) is 0.602. The molecule has 0 saturated carbocycles. The van der Waals surface area contributed by atoms with Gasteiger partial charge in [0.05, 0.1) is 19.8 Å². The number of rotatable bonds is 7. The summed E-state index contributed by atoms with van der Waals surface area (Å²) in [6.45, 7) is 11.1. The highest BCUT2D eigenvalue weighted by Gasteiger charge is 2.66. The molecule has 0 amide bonds. The highest BCUT2D eigenvalue weighted by atomic mass is 31.2. The molecule has 3 saturated heterocycles. The van der Waals surface area contributed by atoms with Crippen molar-refractivity contribution in [3.8, 4) is 0 Å². The van der Waals surface area contributed by atoms with E-state index in [2.05, 4.69) is 0 Å². The van der Waals surface area contributed by atoms with Crippen molar-refractivity contribution in [2.24, 2.45) is 0 Å². The molecule has 3 aliphatic heterocycles. The van der Waals surface area contributed by atoms with Gasteiger partial charge in [-0.25, -0.2) is 4.57 Å². The molecule has 26 heavy (non-hydrogen) atoms. The first-order valence-corrected chi connectivity index (χ1v) is 10.4. The summed E-state index contributed by atoms with van der Waals surface area (Å²) < 4.78 is 58.5. The Labute approximate surface area is 154 Å². The molecule has 3 rings (SSSR count). The predicted molar refractivity (Wildman–Crippen MR) is 89.4 cm³/mol. The van der Waals surface area contributed by atoms with Crippen molar-refractivity contribution in [2.45, 2.75) is 77.2 Å². The van der Waals surface area contributed by atoms with Crippen molar-refractivity contribution < 1.29 is 41.8 Å². The smallest absolute Gasteiger partial charge is 0.343 e. The minimum atomic E-state index is -3.72. The van der Waals surface area contributed by atoms with Crippen LogP contribution in [0.15, 0.2) is 0 Å². The molecule has 0 aromatic rings. The van der Waals surface area contributed by atoms with E-state index in [1.807, 2.05) is 13.8 Å². The summed E-state index contributed by atoms with van der Waals surface area (Å²) in [6.07, 6.45) is -1.30. The molecular formula is C16H29O9P. The molecule has 9 nitrogen and oxygen atoms in total. The van der Waals surface area contributed by atoms with E-state index in [4.69, 9.17) is 37.3 Å². The topological polar surface area (TPSA) is 90.9 Å². The van der Waals surface area contributed by atoms with Crippen LogP contribution in [0.5, 0.6) is 0 Å². The molecule has 0 spiro atoms. The van der Waals surface area contributed by atoms with Crippen LogP contribution in [-0.2, 0) is 41.8 Å². The Bertz CT molecular complexity index is 556. The first-order valence-electron chi connectivity index (χ1n) is 8.95. The molecule has 3 aliphatic rings. The lowest BCUT2D eigenvalue weighted by atomic mass is 9.98. The Balaban J connectivity index is 1.80. The fourth-order valence-electron chi connectivity index (χ4n) is 3.54. The molecule has 0 radical (unpaired) electrons. The largest absolute Gasteiger partial charge is 0.474 e. The molecule has 0 aromatic heterocycles. The van der Waals surface area contributed by atoms with E-state index in [-0.39, 0.29) is 32.5 Å². The van der Waals surface area contributed by atoms with Gasteiger partial charge < -0.3 is 23.7 Å². The summed E-state index contributed by atoms with van der Waals surface area (Å²) in [5.41, 5.74) is 0. The number of phosphoric acid groups is 1. The van der Waals surface area contributed by atoms with E-state index in [0.29, 0.717) is 0 Å². The summed E-state index contributed by atoms with van der Waals surface area (Å²) in [7, 11) is -3.72. The van der Waals surface area contributed by atoms with E-state index >= 15 is 0 Å². The van der Waals surface area contributed by atoms with Gasteiger partial charge in [-0.05, 0) is 41.5 Å². The molecule has 0 N–H and O–H groups in total. The first kappa shape index (κ1) is 20.6. The van der Waals surface area contributed by atoms with Crippen LogP contribution in [-0.4, -0.2) is 62.1 Å². The van der Waals surface area contributed by atoms with Gasteiger partial charge in [-0.2, -0.15) is 0 Å². The molecular weight excluding hydrogens is 367 g/mol. The lowest BCUT2D eigenvalue weighted by Crippen LogP contribution is -2.60. The average molecular weight is 396 g/mol. The van der Waals surface area contributed by atoms with Crippen LogP contribution < -0.4 is 0 Å². The standard InChI is InChI=1S/C16H29O9P/c1-7-19-26(17,20-8-2)21-10-16-13(24-15(5,6)25-16)12-11(9-18-16)22-14(3,4)23-12/h11-13H,7-10H2,1-6H3/t11-,12-,13+,16-/m1/s1. The van der Waals surface area contributed by atoms with Gasteiger partial charge >= 0.3 is 7.82 Å². The van der Waals surface area contributed by atoms with Gasteiger partial charge in [-0.3, -0.25) is 13.6 Å². The summed E-state index contributed by atoms with van der Waals surface area (Å²) in [5, 5.41) is 0. The van der Waals surface area contributed by atoms with E-state index in [1.165, 1.54) is 0 Å². The van der Waals surface area contributed by atoms with Gasteiger partial charge in [-0.15, -0.1) is 0 Å². The van der Waals surface area contributed by atoms with Gasteiger partial charge in [0.2, 0.25) is 5.79 Å². The Morgan fingerprint density at radius 3 is 2.23 bits per heavy atom. The molecule has 0 aromatic carbocycles. The van der Waals surface area contributed by atoms with E-state index in [1.54, 1.807) is 27.7 Å². The second kappa shape index (κ2) is 7.06. The van der Waals surface area contributed by atoms with Crippen molar-refractivity contribution in [2.75, 3.05) is 26.4 Å². The van der Waals surface area contributed by atoms with Crippen molar-refractivity contribution in [1.29, 1.82) is 0 Å². The molecule has 3 fully saturated rings. The maximum Gasteiger partial charge on any atom is 0.474 e. The third kappa shape index (κ3) is 4.01. The number of ether oxygens (including phenoxy) is 5. The van der Waals surface area contributed by atoms with Crippen LogP contribution in [0.2, 0.25) is 0 Å². The first-order chi connectivity index (χ1) is 12.0. The second-order valence-electron chi connectivity index (χ2n) is 7.36. The van der Waals surface area contributed by atoms with Gasteiger partial charge in [0.1, 0.15) is 24.9 Å². The van der Waals surface area contributed by atoms with Crippen LogP contribution in [0.25, 0.3) is 0 Å². The monoisotopic (exact) mass is 396 g/mol. The van der Waals surface area contributed by atoms with E-state index < -0.39 is 37.4 Å². The molecule has 4 atom stereocenters. The molecule has 0 aliphatic carbocycles. The highest BCUT2D eigenvalue weighted by molar-refractivity contribution is 7.48. The minimum Gasteiger partial charge on any atom is -0.343 e. The van der Waals surface area contributed by atoms with Gasteiger partial charge in [-0.1, -0.05) is 0 Å². The van der Waals surface area contributed by atoms with Crippen LogP contribution in [0, 0.1) is 0 Å².